The van der Waals surface area contributed by atoms with Gasteiger partial charge in [-0.1, -0.05) is 19.1 Å². The molecule has 0 unspecified atom stereocenters. The number of aromatic hydroxyl groups is 1. The van der Waals surface area contributed by atoms with Gasteiger partial charge in [-0.25, -0.2) is 0 Å². The van der Waals surface area contributed by atoms with Crippen LogP contribution in [-0.4, -0.2) is 29.1 Å². The van der Waals surface area contributed by atoms with E-state index in [1.165, 1.54) is 49.9 Å². The van der Waals surface area contributed by atoms with Gasteiger partial charge in [0.25, 0.3) is 0 Å². The van der Waals surface area contributed by atoms with Gasteiger partial charge in [0.15, 0.2) is 0 Å². The van der Waals surface area contributed by atoms with Crippen LogP contribution in [0.25, 0.3) is 0 Å². The van der Waals surface area contributed by atoms with E-state index in [1.54, 1.807) is 0 Å². The van der Waals surface area contributed by atoms with Crippen LogP contribution >= 0.6 is 12.4 Å². The molecule has 0 aromatic heterocycles. The van der Waals surface area contributed by atoms with Crippen LogP contribution in [-0.2, 0) is 6.42 Å². The third kappa shape index (κ3) is 2.61. The number of aryl methyl sites for hydroxylation is 1. The lowest BCUT2D eigenvalue weighted by atomic mass is 9.74. The first-order valence-electron chi connectivity index (χ1n) is 7.36. The van der Waals surface area contributed by atoms with Crippen LogP contribution in [0, 0.1) is 0 Å². The zero-order valence-electron chi connectivity index (χ0n) is 11.6. The molecule has 0 radical (unpaired) electrons. The first kappa shape index (κ1) is 14.7. The smallest absolute Gasteiger partial charge is 0.119 e. The summed E-state index contributed by atoms with van der Waals surface area (Å²) in [6.07, 6.45) is 6.15. The Kier molecular flexibility index (Phi) is 4.75. The van der Waals surface area contributed by atoms with Crippen molar-refractivity contribution in [2.45, 2.75) is 51.0 Å². The normalized spacial score (nSPS) is 26.2. The Balaban J connectivity index is 0.00000133. The zero-order chi connectivity index (χ0) is 12.5. The van der Waals surface area contributed by atoms with Crippen LogP contribution in [0.5, 0.6) is 5.75 Å². The number of nitrogens with zero attached hydrogens (tertiary/aromatic N) is 1. The van der Waals surface area contributed by atoms with Gasteiger partial charge >= 0.3 is 0 Å². The van der Waals surface area contributed by atoms with Gasteiger partial charge < -0.3 is 5.11 Å². The summed E-state index contributed by atoms with van der Waals surface area (Å²) in [7, 11) is 0. The van der Waals surface area contributed by atoms with E-state index in [0.717, 1.165) is 6.42 Å². The van der Waals surface area contributed by atoms with E-state index in [1.807, 2.05) is 12.1 Å². The minimum Gasteiger partial charge on any atom is -0.508 e. The Morgan fingerprint density at radius 3 is 2.95 bits per heavy atom. The molecule has 0 bridgehead atoms. The molecule has 0 amide bonds. The summed E-state index contributed by atoms with van der Waals surface area (Å²) < 4.78 is 0. The van der Waals surface area contributed by atoms with Gasteiger partial charge in [-0.05, 0) is 56.8 Å². The van der Waals surface area contributed by atoms with E-state index < -0.39 is 0 Å². The van der Waals surface area contributed by atoms with Crippen molar-refractivity contribution in [1.29, 1.82) is 0 Å². The van der Waals surface area contributed by atoms with E-state index in [9.17, 15) is 5.11 Å². The first-order valence-corrected chi connectivity index (χ1v) is 7.36. The molecular weight excluding hydrogens is 258 g/mol. The molecule has 1 N–H and O–H groups in total. The number of piperidine rings is 1. The van der Waals surface area contributed by atoms with Crippen LogP contribution in [0.2, 0.25) is 0 Å². The lowest BCUT2D eigenvalue weighted by Gasteiger charge is -2.45. The van der Waals surface area contributed by atoms with E-state index in [4.69, 9.17) is 0 Å². The lowest BCUT2D eigenvalue weighted by Crippen LogP contribution is -2.46. The Hall–Kier alpha value is -0.730. The molecule has 1 fully saturated rings. The van der Waals surface area contributed by atoms with E-state index >= 15 is 0 Å². The van der Waals surface area contributed by atoms with Crippen LogP contribution in [0.1, 0.15) is 49.7 Å². The van der Waals surface area contributed by atoms with Crippen LogP contribution in [0.15, 0.2) is 18.2 Å². The molecule has 3 heteroatoms. The minimum absolute atomic E-state index is 0. The summed E-state index contributed by atoms with van der Waals surface area (Å²) in [5, 5.41) is 10.2. The number of fused-ring (bicyclic) bond motifs is 3. The fraction of sp³-hybridized carbons (Fsp3) is 0.625. The standard InChI is InChI=1S/C16H23NO.ClH/c1-2-10-17-11-4-6-13-14(17)9-8-12-5-3-7-15(18)16(12)13;/h3,5,7,13-14,18H,2,4,6,8-11H2,1H3;1H/t13-,14+;/m1./s1. The summed E-state index contributed by atoms with van der Waals surface area (Å²) in [6, 6.07) is 6.71. The van der Waals surface area contributed by atoms with Gasteiger partial charge in [-0.15, -0.1) is 12.4 Å². The number of phenolic OH excluding ortho intramolecular Hbond substituents is 1. The van der Waals surface area contributed by atoms with Crippen molar-refractivity contribution in [3.8, 4) is 5.75 Å². The quantitative estimate of drug-likeness (QED) is 0.893. The summed E-state index contributed by atoms with van der Waals surface area (Å²) in [5.41, 5.74) is 2.64. The van der Waals surface area contributed by atoms with Gasteiger partial charge in [-0.3, -0.25) is 4.90 Å². The summed E-state index contributed by atoms with van der Waals surface area (Å²) >= 11 is 0. The fourth-order valence-corrected chi connectivity index (χ4v) is 3.96. The number of halogens is 1. The zero-order valence-corrected chi connectivity index (χ0v) is 12.5. The molecule has 1 heterocycles. The first-order chi connectivity index (χ1) is 8.81. The van der Waals surface area contributed by atoms with Crippen molar-refractivity contribution in [3.05, 3.63) is 29.3 Å². The second kappa shape index (κ2) is 6.15. The Morgan fingerprint density at radius 2 is 2.16 bits per heavy atom. The summed E-state index contributed by atoms with van der Waals surface area (Å²) in [5.74, 6) is 1.09. The summed E-state index contributed by atoms with van der Waals surface area (Å²) in [4.78, 5) is 2.66. The van der Waals surface area contributed by atoms with Crippen molar-refractivity contribution in [1.82, 2.24) is 4.90 Å². The maximum absolute atomic E-state index is 10.2. The highest BCUT2D eigenvalue weighted by Crippen LogP contribution is 2.44. The molecule has 0 spiro atoms. The monoisotopic (exact) mass is 281 g/mol. The average Bonchev–Trinajstić information content (AvgIpc) is 2.39. The molecule has 1 saturated heterocycles. The second-order valence-electron chi connectivity index (χ2n) is 5.74. The Labute approximate surface area is 122 Å². The van der Waals surface area contributed by atoms with E-state index in [-0.39, 0.29) is 12.4 Å². The van der Waals surface area contributed by atoms with Crippen molar-refractivity contribution in [2.24, 2.45) is 0 Å². The van der Waals surface area contributed by atoms with Gasteiger partial charge in [-0.2, -0.15) is 0 Å². The van der Waals surface area contributed by atoms with Gasteiger partial charge in [0.05, 0.1) is 0 Å². The third-order valence-electron chi connectivity index (χ3n) is 4.66. The number of benzene rings is 1. The van der Waals surface area contributed by atoms with Crippen LogP contribution in [0.4, 0.5) is 0 Å². The number of hydrogen-bond donors (Lipinski definition) is 1. The Morgan fingerprint density at radius 1 is 1.32 bits per heavy atom. The van der Waals surface area contributed by atoms with Crippen molar-refractivity contribution in [3.63, 3.8) is 0 Å². The molecule has 106 valence electrons. The number of rotatable bonds is 2. The Bertz CT molecular complexity index is 433. The number of hydrogen-bond acceptors (Lipinski definition) is 2. The maximum Gasteiger partial charge on any atom is 0.119 e. The van der Waals surface area contributed by atoms with Crippen molar-refractivity contribution < 1.29 is 5.11 Å². The van der Waals surface area contributed by atoms with Crippen molar-refractivity contribution in [2.75, 3.05) is 13.1 Å². The number of likely N-dealkylation sites (tertiary alicyclic amines) is 1. The molecule has 2 atom stereocenters. The SMILES string of the molecule is CCCN1CCC[C@H]2c3c(O)cccc3CC[C@@H]21.Cl. The molecule has 0 saturated carbocycles. The predicted octanol–water partition coefficient (Wildman–Crippen LogP) is 3.72. The van der Waals surface area contributed by atoms with Gasteiger partial charge in [0.1, 0.15) is 5.75 Å². The van der Waals surface area contributed by atoms with Gasteiger partial charge in [0, 0.05) is 17.5 Å². The largest absolute Gasteiger partial charge is 0.508 e. The van der Waals surface area contributed by atoms with E-state index in [0.29, 0.717) is 17.7 Å². The highest BCUT2D eigenvalue weighted by Gasteiger charge is 2.37. The fourth-order valence-electron chi connectivity index (χ4n) is 3.96. The highest BCUT2D eigenvalue weighted by molar-refractivity contribution is 5.85. The second-order valence-corrected chi connectivity index (χ2v) is 5.74. The topological polar surface area (TPSA) is 23.5 Å². The van der Waals surface area contributed by atoms with Crippen molar-refractivity contribution >= 4 is 12.4 Å². The molecule has 2 aliphatic rings. The van der Waals surface area contributed by atoms with E-state index in [2.05, 4.69) is 17.9 Å². The van der Waals surface area contributed by atoms with Crippen LogP contribution < -0.4 is 0 Å². The molecule has 2 nitrogen and oxygen atoms in total. The lowest BCUT2D eigenvalue weighted by molar-refractivity contribution is 0.111. The van der Waals surface area contributed by atoms with Gasteiger partial charge in [0.2, 0.25) is 0 Å². The molecule has 3 rings (SSSR count). The third-order valence-corrected chi connectivity index (χ3v) is 4.66. The molecule has 1 aliphatic carbocycles. The van der Waals surface area contributed by atoms with Crippen LogP contribution in [0.3, 0.4) is 0 Å². The molecular formula is C16H24ClNO. The number of phenols is 1. The maximum atomic E-state index is 10.2. The molecule has 1 aromatic rings. The predicted molar refractivity (Wildman–Crippen MR) is 81.3 cm³/mol. The molecule has 19 heavy (non-hydrogen) atoms. The minimum atomic E-state index is 0. The summed E-state index contributed by atoms with van der Waals surface area (Å²) in [6.45, 7) is 4.72. The highest BCUT2D eigenvalue weighted by atomic mass is 35.5. The molecule has 1 aliphatic heterocycles. The average molecular weight is 282 g/mol. The molecule has 1 aromatic carbocycles.